The lowest BCUT2D eigenvalue weighted by atomic mass is 9.93. The summed E-state index contributed by atoms with van der Waals surface area (Å²) in [7, 11) is -1.75. The molecule has 2 amide bonds. The predicted octanol–water partition coefficient (Wildman–Crippen LogP) is 3.22. The fourth-order valence-electron chi connectivity index (χ4n) is 3.27. The summed E-state index contributed by atoms with van der Waals surface area (Å²) in [5, 5.41) is 2.85. The number of carbonyl (C=O) groups is 1. The quantitative estimate of drug-likeness (QED) is 0.840. The molecule has 1 aliphatic heterocycles. The monoisotopic (exact) mass is 389 g/mol. The number of sulfonamides is 1. The summed E-state index contributed by atoms with van der Waals surface area (Å²) in [5.41, 5.74) is 3.21. The standard InChI is InChI=1S/C19H23N3O4S/c1-13-18-12-17(26-2)8-7-14(18)9-10-22(13)19(23)20-15-5-4-6-16(11-15)21-27(3,24)25/h4-8,11-13,21H,9-10H2,1-3H3,(H,20,23). The van der Waals surface area contributed by atoms with Gasteiger partial charge in [-0.3, -0.25) is 4.72 Å². The minimum Gasteiger partial charge on any atom is -0.497 e. The third-order valence-corrected chi connectivity index (χ3v) is 5.18. The van der Waals surface area contributed by atoms with Gasteiger partial charge in [0.25, 0.3) is 0 Å². The Morgan fingerprint density at radius 2 is 1.93 bits per heavy atom. The highest BCUT2D eigenvalue weighted by molar-refractivity contribution is 7.92. The number of methoxy groups -OCH3 is 1. The average Bonchev–Trinajstić information content (AvgIpc) is 2.60. The third-order valence-electron chi connectivity index (χ3n) is 4.57. The van der Waals surface area contributed by atoms with Crippen LogP contribution in [-0.2, 0) is 16.4 Å². The van der Waals surface area contributed by atoms with Gasteiger partial charge in [-0.15, -0.1) is 0 Å². The van der Waals surface area contributed by atoms with Gasteiger partial charge in [-0.05, 0) is 54.8 Å². The van der Waals surface area contributed by atoms with E-state index in [9.17, 15) is 13.2 Å². The van der Waals surface area contributed by atoms with E-state index < -0.39 is 10.0 Å². The molecule has 8 heteroatoms. The number of rotatable bonds is 4. The van der Waals surface area contributed by atoms with E-state index in [2.05, 4.69) is 10.0 Å². The summed E-state index contributed by atoms with van der Waals surface area (Å²) in [6.45, 7) is 2.59. The van der Waals surface area contributed by atoms with Gasteiger partial charge in [-0.2, -0.15) is 0 Å². The zero-order valence-corrected chi connectivity index (χ0v) is 16.3. The van der Waals surface area contributed by atoms with Gasteiger partial charge in [-0.1, -0.05) is 12.1 Å². The Kier molecular flexibility index (Phi) is 5.27. The van der Waals surface area contributed by atoms with E-state index in [0.717, 1.165) is 24.0 Å². The van der Waals surface area contributed by atoms with Crippen molar-refractivity contribution in [1.29, 1.82) is 0 Å². The Hall–Kier alpha value is -2.74. The van der Waals surface area contributed by atoms with Gasteiger partial charge in [0.1, 0.15) is 5.75 Å². The second-order valence-electron chi connectivity index (χ2n) is 6.57. The Labute approximate surface area is 159 Å². The van der Waals surface area contributed by atoms with E-state index in [1.165, 1.54) is 5.56 Å². The van der Waals surface area contributed by atoms with Gasteiger partial charge in [0, 0.05) is 12.2 Å². The Balaban J connectivity index is 1.76. The molecular weight excluding hydrogens is 366 g/mol. The van der Waals surface area contributed by atoms with Crippen LogP contribution in [0.5, 0.6) is 5.75 Å². The molecule has 0 fully saturated rings. The van der Waals surface area contributed by atoms with Crippen LogP contribution in [0.4, 0.5) is 16.2 Å². The molecule has 27 heavy (non-hydrogen) atoms. The molecule has 0 radical (unpaired) electrons. The zero-order chi connectivity index (χ0) is 19.6. The van der Waals surface area contributed by atoms with Crippen molar-refractivity contribution in [1.82, 2.24) is 4.90 Å². The Bertz CT molecular complexity index is 959. The van der Waals surface area contributed by atoms with E-state index in [1.807, 2.05) is 25.1 Å². The fraction of sp³-hybridized carbons (Fsp3) is 0.316. The molecule has 0 aliphatic carbocycles. The number of carbonyl (C=O) groups excluding carboxylic acids is 1. The number of ether oxygens (including phenoxy) is 1. The lowest BCUT2D eigenvalue weighted by Gasteiger charge is -2.35. The van der Waals surface area contributed by atoms with E-state index in [0.29, 0.717) is 17.9 Å². The average molecular weight is 389 g/mol. The smallest absolute Gasteiger partial charge is 0.322 e. The highest BCUT2D eigenvalue weighted by atomic mass is 32.2. The van der Waals surface area contributed by atoms with Gasteiger partial charge < -0.3 is 15.0 Å². The van der Waals surface area contributed by atoms with Gasteiger partial charge in [0.15, 0.2) is 0 Å². The van der Waals surface area contributed by atoms with Crippen molar-refractivity contribution in [2.45, 2.75) is 19.4 Å². The first kappa shape index (κ1) is 19.0. The molecule has 1 heterocycles. The number of amides is 2. The van der Waals surface area contributed by atoms with Crippen molar-refractivity contribution >= 4 is 27.4 Å². The summed E-state index contributed by atoms with van der Waals surface area (Å²) < 4.78 is 30.5. The van der Waals surface area contributed by atoms with Crippen LogP contribution < -0.4 is 14.8 Å². The SMILES string of the molecule is COc1ccc2c(c1)C(C)N(C(=O)Nc1cccc(NS(C)(=O)=O)c1)CC2. The minimum absolute atomic E-state index is 0.0961. The van der Waals surface area contributed by atoms with E-state index in [4.69, 9.17) is 4.74 Å². The molecule has 0 bridgehead atoms. The van der Waals surface area contributed by atoms with Crippen LogP contribution in [0, 0.1) is 0 Å². The fourth-order valence-corrected chi connectivity index (χ4v) is 3.82. The van der Waals surface area contributed by atoms with Crippen molar-refractivity contribution in [2.75, 3.05) is 29.9 Å². The molecule has 0 saturated heterocycles. The molecule has 0 saturated carbocycles. The Morgan fingerprint density at radius 3 is 2.63 bits per heavy atom. The highest BCUT2D eigenvalue weighted by Crippen LogP contribution is 2.32. The summed E-state index contributed by atoms with van der Waals surface area (Å²) in [4.78, 5) is 14.5. The molecule has 0 spiro atoms. The Morgan fingerprint density at radius 1 is 1.19 bits per heavy atom. The molecule has 0 aromatic heterocycles. The molecule has 144 valence electrons. The molecule has 1 unspecified atom stereocenters. The summed E-state index contributed by atoms with van der Waals surface area (Å²) in [6, 6.07) is 12.2. The molecule has 2 aromatic carbocycles. The maximum absolute atomic E-state index is 12.8. The largest absolute Gasteiger partial charge is 0.497 e. The number of fused-ring (bicyclic) bond motifs is 1. The van der Waals surface area contributed by atoms with Crippen molar-refractivity contribution in [3.8, 4) is 5.75 Å². The van der Waals surface area contributed by atoms with Gasteiger partial charge in [0.2, 0.25) is 10.0 Å². The number of anilines is 2. The van der Waals surface area contributed by atoms with E-state index in [-0.39, 0.29) is 12.1 Å². The number of nitrogens with one attached hydrogen (secondary N) is 2. The molecular formula is C19H23N3O4S. The second-order valence-corrected chi connectivity index (χ2v) is 8.32. The summed E-state index contributed by atoms with van der Waals surface area (Å²) >= 11 is 0. The van der Waals surface area contributed by atoms with Crippen LogP contribution in [0.25, 0.3) is 0 Å². The molecule has 2 N–H and O–H groups in total. The van der Waals surface area contributed by atoms with Crippen LogP contribution in [0.3, 0.4) is 0 Å². The minimum atomic E-state index is -3.38. The number of benzene rings is 2. The number of urea groups is 1. The first-order valence-corrected chi connectivity index (χ1v) is 10.5. The van der Waals surface area contributed by atoms with E-state index >= 15 is 0 Å². The van der Waals surface area contributed by atoms with Crippen LogP contribution in [0.1, 0.15) is 24.1 Å². The molecule has 1 atom stereocenters. The lowest BCUT2D eigenvalue weighted by molar-refractivity contribution is 0.188. The number of nitrogens with zero attached hydrogens (tertiary/aromatic N) is 1. The van der Waals surface area contributed by atoms with Crippen LogP contribution in [0.2, 0.25) is 0 Å². The van der Waals surface area contributed by atoms with Crippen molar-refractivity contribution < 1.29 is 17.9 Å². The topological polar surface area (TPSA) is 87.7 Å². The summed E-state index contributed by atoms with van der Waals surface area (Å²) in [5.74, 6) is 0.766. The summed E-state index contributed by atoms with van der Waals surface area (Å²) in [6.07, 6.45) is 1.85. The lowest BCUT2D eigenvalue weighted by Crippen LogP contribution is -2.41. The third kappa shape index (κ3) is 4.51. The highest BCUT2D eigenvalue weighted by Gasteiger charge is 2.28. The number of hydrogen-bond acceptors (Lipinski definition) is 4. The van der Waals surface area contributed by atoms with Crippen molar-refractivity contribution in [3.63, 3.8) is 0 Å². The van der Waals surface area contributed by atoms with Crippen molar-refractivity contribution in [2.24, 2.45) is 0 Å². The maximum Gasteiger partial charge on any atom is 0.322 e. The maximum atomic E-state index is 12.8. The van der Waals surface area contributed by atoms with Crippen molar-refractivity contribution in [3.05, 3.63) is 53.6 Å². The number of hydrogen-bond donors (Lipinski definition) is 2. The van der Waals surface area contributed by atoms with E-state index in [1.54, 1.807) is 36.3 Å². The molecule has 3 rings (SSSR count). The van der Waals surface area contributed by atoms with Gasteiger partial charge in [0.05, 0.1) is 25.1 Å². The second kappa shape index (κ2) is 7.48. The predicted molar refractivity (Wildman–Crippen MR) is 106 cm³/mol. The van der Waals surface area contributed by atoms with Crippen LogP contribution in [0.15, 0.2) is 42.5 Å². The molecule has 1 aliphatic rings. The normalized spacial score (nSPS) is 16.4. The van der Waals surface area contributed by atoms with Crippen LogP contribution in [-0.4, -0.2) is 39.3 Å². The van der Waals surface area contributed by atoms with Gasteiger partial charge in [-0.25, -0.2) is 13.2 Å². The first-order chi connectivity index (χ1) is 12.8. The van der Waals surface area contributed by atoms with Gasteiger partial charge >= 0.3 is 6.03 Å². The molecule has 2 aromatic rings. The molecule has 7 nitrogen and oxygen atoms in total. The zero-order valence-electron chi connectivity index (χ0n) is 15.5. The first-order valence-electron chi connectivity index (χ1n) is 8.59. The van der Waals surface area contributed by atoms with Crippen LogP contribution >= 0.6 is 0 Å².